The largest absolute Gasteiger partial charge is 0.489 e. The molecule has 0 fully saturated rings. The molecule has 1 N–H and O–H groups in total. The lowest BCUT2D eigenvalue weighted by atomic mass is 10.1. The molecule has 170 valence electrons. The minimum Gasteiger partial charge on any atom is -0.489 e. The molecular weight excluding hydrogens is 440 g/mol. The molecule has 0 unspecified atom stereocenters. The summed E-state index contributed by atoms with van der Waals surface area (Å²) in [6.45, 7) is 8.47. The highest BCUT2D eigenvalue weighted by Crippen LogP contribution is 2.24. The van der Waals surface area contributed by atoms with Gasteiger partial charge in [0.25, 0.3) is 5.91 Å². The summed E-state index contributed by atoms with van der Waals surface area (Å²) < 4.78 is 12.9. The maximum Gasteiger partial charge on any atom is 0.279 e. The van der Waals surface area contributed by atoms with E-state index < -0.39 is 5.91 Å². The van der Waals surface area contributed by atoms with Crippen LogP contribution in [0.4, 0.5) is 5.82 Å². The van der Waals surface area contributed by atoms with Crippen LogP contribution in [0.3, 0.4) is 0 Å². The third-order valence-corrected chi connectivity index (χ3v) is 5.43. The van der Waals surface area contributed by atoms with E-state index in [0.717, 1.165) is 28.0 Å². The molecule has 4 aromatic rings. The van der Waals surface area contributed by atoms with Crippen LogP contribution < -0.4 is 10.1 Å². The van der Waals surface area contributed by atoms with Crippen LogP contribution in [0.25, 0.3) is 0 Å². The van der Waals surface area contributed by atoms with Crippen molar-refractivity contribution in [1.82, 2.24) is 14.9 Å². The molecule has 4 rings (SSSR count). The smallest absolute Gasteiger partial charge is 0.279 e. The molecule has 0 spiro atoms. The first-order valence-electron chi connectivity index (χ1n) is 10.5. The van der Waals surface area contributed by atoms with Gasteiger partial charge in [0.15, 0.2) is 11.5 Å². The van der Waals surface area contributed by atoms with Crippen molar-refractivity contribution in [2.75, 3.05) is 5.32 Å². The summed E-state index contributed by atoms with van der Waals surface area (Å²) in [5.74, 6) is 1.03. The molecule has 0 radical (unpaired) electrons. The van der Waals surface area contributed by atoms with Gasteiger partial charge in [0.05, 0.1) is 12.1 Å². The van der Waals surface area contributed by atoms with Crippen molar-refractivity contribution in [2.45, 2.75) is 40.8 Å². The maximum atomic E-state index is 12.9. The minimum atomic E-state index is -0.464. The number of benzene rings is 2. The molecule has 0 saturated carbocycles. The Kier molecular flexibility index (Phi) is 6.51. The van der Waals surface area contributed by atoms with Crippen molar-refractivity contribution in [3.63, 3.8) is 0 Å². The van der Waals surface area contributed by atoms with Crippen LogP contribution in [0, 0.1) is 27.7 Å². The zero-order chi connectivity index (χ0) is 23.5. The normalized spacial score (nSPS) is 10.9. The Hall–Kier alpha value is -3.58. The number of anilines is 1. The van der Waals surface area contributed by atoms with Crippen molar-refractivity contribution in [3.8, 4) is 5.75 Å². The molecule has 1 amide bonds. The van der Waals surface area contributed by atoms with Gasteiger partial charge < -0.3 is 14.6 Å². The quantitative estimate of drug-likeness (QED) is 0.383. The average Bonchev–Trinajstić information content (AvgIpc) is 3.27. The van der Waals surface area contributed by atoms with E-state index in [1.165, 1.54) is 0 Å². The molecule has 0 saturated heterocycles. The first-order chi connectivity index (χ1) is 15.8. The second kappa shape index (κ2) is 9.50. The Labute approximate surface area is 197 Å². The molecular formula is C25H25ClN4O3. The maximum absolute atomic E-state index is 12.9. The number of carbonyl (C=O) groups is 1. The highest BCUT2D eigenvalue weighted by molar-refractivity contribution is 6.33. The number of carbonyl (C=O) groups excluding carboxylic acids is 1. The van der Waals surface area contributed by atoms with Crippen LogP contribution in [0.5, 0.6) is 5.75 Å². The third-order valence-electron chi connectivity index (χ3n) is 5.15. The number of nitrogens with zero attached hydrogens (tertiary/aromatic N) is 3. The van der Waals surface area contributed by atoms with Crippen LogP contribution in [0.2, 0.25) is 5.02 Å². The zero-order valence-electron chi connectivity index (χ0n) is 19.0. The fraction of sp³-hybridized carbons (Fsp3) is 0.240. The molecule has 0 aliphatic rings. The first kappa shape index (κ1) is 22.6. The standard InChI is InChI=1S/C25H25ClN4O3/c1-15-6-5-7-19(9-15)12-30-13-22(26)24(28-30)27-25(31)23-21(18(4)33-29-23)14-32-20-10-16(2)8-17(3)11-20/h5-11,13H,12,14H2,1-4H3,(H,27,28,31). The Balaban J connectivity index is 1.47. The number of amides is 1. The average molecular weight is 465 g/mol. The predicted molar refractivity (Wildman–Crippen MR) is 127 cm³/mol. The first-order valence-corrected chi connectivity index (χ1v) is 10.9. The molecule has 0 aliphatic carbocycles. The lowest BCUT2D eigenvalue weighted by molar-refractivity contribution is 0.101. The van der Waals surface area contributed by atoms with Crippen LogP contribution in [0.15, 0.2) is 53.2 Å². The van der Waals surface area contributed by atoms with E-state index in [9.17, 15) is 4.79 Å². The number of aromatic nitrogens is 3. The van der Waals surface area contributed by atoms with Gasteiger partial charge in [0.1, 0.15) is 23.1 Å². The van der Waals surface area contributed by atoms with Crippen molar-refractivity contribution in [1.29, 1.82) is 0 Å². The summed E-state index contributed by atoms with van der Waals surface area (Å²) in [7, 11) is 0. The molecule has 33 heavy (non-hydrogen) atoms. The van der Waals surface area contributed by atoms with Gasteiger partial charge >= 0.3 is 0 Å². The van der Waals surface area contributed by atoms with E-state index in [2.05, 4.69) is 27.7 Å². The number of rotatable bonds is 7. The van der Waals surface area contributed by atoms with Gasteiger partial charge in [0.2, 0.25) is 0 Å². The van der Waals surface area contributed by atoms with Gasteiger partial charge in [-0.25, -0.2) is 0 Å². The highest BCUT2D eigenvalue weighted by Gasteiger charge is 2.22. The molecule has 2 aromatic heterocycles. The second-order valence-corrected chi connectivity index (χ2v) is 8.55. The summed E-state index contributed by atoms with van der Waals surface area (Å²) in [5.41, 5.74) is 5.16. The van der Waals surface area contributed by atoms with Gasteiger partial charge in [-0.05, 0) is 56.5 Å². The number of hydrogen-bond acceptors (Lipinski definition) is 5. The number of nitrogens with one attached hydrogen (secondary N) is 1. The number of ether oxygens (including phenoxy) is 1. The van der Waals surface area contributed by atoms with E-state index in [-0.39, 0.29) is 18.1 Å². The Bertz CT molecular complexity index is 1290. The topological polar surface area (TPSA) is 82.2 Å². The van der Waals surface area contributed by atoms with Crippen LogP contribution in [0.1, 0.15) is 44.1 Å². The molecule has 0 atom stereocenters. The lowest BCUT2D eigenvalue weighted by Crippen LogP contribution is -2.16. The van der Waals surface area contributed by atoms with E-state index in [0.29, 0.717) is 22.9 Å². The monoisotopic (exact) mass is 464 g/mol. The van der Waals surface area contributed by atoms with E-state index in [4.69, 9.17) is 20.9 Å². The second-order valence-electron chi connectivity index (χ2n) is 8.14. The molecule has 0 bridgehead atoms. The summed E-state index contributed by atoms with van der Waals surface area (Å²) in [5, 5.41) is 11.4. The van der Waals surface area contributed by atoms with Crippen LogP contribution in [-0.2, 0) is 13.2 Å². The van der Waals surface area contributed by atoms with Gasteiger partial charge in [-0.2, -0.15) is 5.10 Å². The van der Waals surface area contributed by atoms with Crippen LogP contribution >= 0.6 is 11.6 Å². The number of aryl methyl sites for hydroxylation is 4. The summed E-state index contributed by atoms with van der Waals surface area (Å²) in [6.07, 6.45) is 1.68. The third kappa shape index (κ3) is 5.43. The van der Waals surface area contributed by atoms with Crippen molar-refractivity contribution >= 4 is 23.3 Å². The lowest BCUT2D eigenvalue weighted by Gasteiger charge is -2.09. The summed E-state index contributed by atoms with van der Waals surface area (Å²) in [4.78, 5) is 12.9. The molecule has 7 nitrogen and oxygen atoms in total. The fourth-order valence-electron chi connectivity index (χ4n) is 3.64. The van der Waals surface area contributed by atoms with E-state index in [1.807, 2.05) is 51.1 Å². The Morgan fingerprint density at radius 2 is 1.85 bits per heavy atom. The Morgan fingerprint density at radius 3 is 2.58 bits per heavy atom. The fourth-order valence-corrected chi connectivity index (χ4v) is 3.84. The van der Waals surface area contributed by atoms with Gasteiger partial charge in [-0.1, -0.05) is 52.7 Å². The van der Waals surface area contributed by atoms with Crippen molar-refractivity contribution < 1.29 is 14.1 Å². The van der Waals surface area contributed by atoms with E-state index in [1.54, 1.807) is 17.8 Å². The van der Waals surface area contributed by atoms with Gasteiger partial charge in [-0.15, -0.1) is 0 Å². The predicted octanol–water partition coefficient (Wildman–Crippen LogP) is 5.64. The molecule has 2 heterocycles. The molecule has 2 aromatic carbocycles. The number of hydrogen-bond donors (Lipinski definition) is 1. The minimum absolute atomic E-state index is 0.140. The van der Waals surface area contributed by atoms with Crippen molar-refractivity contribution in [3.05, 3.63) is 93.0 Å². The summed E-state index contributed by atoms with van der Waals surface area (Å²) >= 11 is 6.32. The van der Waals surface area contributed by atoms with Crippen molar-refractivity contribution in [2.24, 2.45) is 0 Å². The van der Waals surface area contributed by atoms with Gasteiger partial charge in [-0.3, -0.25) is 9.48 Å². The SMILES string of the molecule is Cc1cccc(Cn2cc(Cl)c(NC(=O)c3noc(C)c3COc3cc(C)cc(C)c3)n2)c1. The summed E-state index contributed by atoms with van der Waals surface area (Å²) in [6, 6.07) is 14.1. The molecule has 0 aliphatic heterocycles. The highest BCUT2D eigenvalue weighted by atomic mass is 35.5. The van der Waals surface area contributed by atoms with E-state index >= 15 is 0 Å². The Morgan fingerprint density at radius 1 is 1.09 bits per heavy atom. The molecule has 8 heteroatoms. The van der Waals surface area contributed by atoms with Crippen LogP contribution in [-0.4, -0.2) is 20.8 Å². The zero-order valence-corrected chi connectivity index (χ0v) is 19.7. The van der Waals surface area contributed by atoms with Gasteiger partial charge in [0, 0.05) is 6.20 Å². The number of halogens is 1.